The second kappa shape index (κ2) is 15.3. The number of hydrogen-bond donors (Lipinski definition) is 1. The van der Waals surface area contributed by atoms with Gasteiger partial charge in [-0.1, -0.05) is 53.1 Å². The molecule has 1 aromatic heterocycles. The largest absolute Gasteiger partial charge is 0.496 e. The van der Waals surface area contributed by atoms with Crippen molar-refractivity contribution in [1.29, 1.82) is 0 Å². The Balaban J connectivity index is 2.27. The molecule has 0 unspecified atom stereocenters. The van der Waals surface area contributed by atoms with Gasteiger partial charge >= 0.3 is 5.97 Å². The molecule has 0 spiro atoms. The minimum Gasteiger partial charge on any atom is -0.496 e. The fourth-order valence-electron chi connectivity index (χ4n) is 5.04. The van der Waals surface area contributed by atoms with Crippen LogP contribution in [0.15, 0.2) is 29.2 Å². The minimum absolute atomic E-state index is 0.0388. The number of aromatic nitrogens is 1. The molecule has 0 aliphatic carbocycles. The zero-order valence-corrected chi connectivity index (χ0v) is 31.8. The van der Waals surface area contributed by atoms with Crippen molar-refractivity contribution in [3.05, 3.63) is 68.0 Å². The van der Waals surface area contributed by atoms with Crippen LogP contribution in [0.5, 0.6) is 5.75 Å². The average Bonchev–Trinajstić information content (AvgIpc) is 3.00. The van der Waals surface area contributed by atoms with Crippen LogP contribution in [0.3, 0.4) is 0 Å². The van der Waals surface area contributed by atoms with E-state index in [9.17, 15) is 18.8 Å². The molecular formula is C35H46Cl2F2N2O6Si. The van der Waals surface area contributed by atoms with Gasteiger partial charge in [0.15, 0.2) is 14.1 Å². The second-order valence-electron chi connectivity index (χ2n) is 14.4. The molecular weight excluding hydrogens is 681 g/mol. The van der Waals surface area contributed by atoms with Crippen molar-refractivity contribution in [1.82, 2.24) is 4.57 Å². The van der Waals surface area contributed by atoms with Crippen LogP contribution in [0.4, 0.5) is 14.5 Å². The lowest BCUT2D eigenvalue weighted by atomic mass is 9.86. The minimum atomic E-state index is -2.20. The predicted octanol–water partition coefficient (Wildman–Crippen LogP) is 8.89. The number of pyridine rings is 1. The van der Waals surface area contributed by atoms with Crippen molar-refractivity contribution < 1.29 is 32.3 Å². The van der Waals surface area contributed by atoms with E-state index in [1.165, 1.54) is 26.5 Å². The summed E-state index contributed by atoms with van der Waals surface area (Å²) in [6, 6.07) is 4.02. The summed E-state index contributed by atoms with van der Waals surface area (Å²) in [5.41, 5.74) is -0.673. The zero-order valence-electron chi connectivity index (χ0n) is 29.3. The molecule has 1 N–H and O–H groups in total. The lowest BCUT2D eigenvalue weighted by Crippen LogP contribution is -2.43. The molecule has 1 amide bonds. The van der Waals surface area contributed by atoms with Crippen LogP contribution < -0.4 is 15.5 Å². The quantitative estimate of drug-likeness (QED) is 0.0867. The Morgan fingerprint density at radius 1 is 1.02 bits per heavy atom. The highest BCUT2D eigenvalue weighted by molar-refractivity contribution is 6.74. The maximum Gasteiger partial charge on any atom is 0.343 e. The first-order valence-corrected chi connectivity index (χ1v) is 19.5. The van der Waals surface area contributed by atoms with Gasteiger partial charge in [-0.3, -0.25) is 9.59 Å². The molecule has 13 heteroatoms. The number of carbonyl (C=O) groups is 2. The highest BCUT2D eigenvalue weighted by Gasteiger charge is 2.39. The molecule has 0 saturated carbocycles. The Morgan fingerprint density at radius 3 is 2.21 bits per heavy atom. The van der Waals surface area contributed by atoms with Crippen LogP contribution in [0, 0.1) is 17.0 Å². The molecule has 0 fully saturated rings. The van der Waals surface area contributed by atoms with Crippen LogP contribution in [0.2, 0.25) is 23.2 Å². The number of ether oxygens (including phenoxy) is 2. The molecule has 264 valence electrons. The number of hydrogen-bond acceptors (Lipinski definition) is 6. The van der Waals surface area contributed by atoms with Crippen molar-refractivity contribution in [3.8, 4) is 5.75 Å². The van der Waals surface area contributed by atoms with Crippen LogP contribution >= 0.6 is 23.2 Å². The third-order valence-corrected chi connectivity index (χ3v) is 14.1. The first kappa shape index (κ1) is 39.4. The van der Waals surface area contributed by atoms with E-state index in [2.05, 4.69) is 39.2 Å². The van der Waals surface area contributed by atoms with Gasteiger partial charge in [-0.05, 0) is 53.2 Å². The molecule has 0 aliphatic rings. The number of methoxy groups -OCH3 is 2. The average molecular weight is 728 g/mol. The Morgan fingerprint density at radius 2 is 1.67 bits per heavy atom. The number of amides is 1. The van der Waals surface area contributed by atoms with E-state index >= 15 is 4.39 Å². The van der Waals surface area contributed by atoms with E-state index in [0.717, 1.165) is 6.07 Å². The molecule has 0 bridgehead atoms. The lowest BCUT2D eigenvalue weighted by molar-refractivity contribution is -0.116. The van der Waals surface area contributed by atoms with Gasteiger partial charge < -0.3 is 23.8 Å². The number of rotatable bonds is 12. The molecule has 1 heterocycles. The third kappa shape index (κ3) is 8.59. The molecule has 3 aromatic rings. The normalized spacial score (nSPS) is 13.0. The standard InChI is InChI=1S/C35H46Cl2F2N2O6Si/c1-34(2,3)27(19-47-48(9,10)35(4,5)6)41-18-23(33(44)46-8)32(43)22-15-20(26(45-7)17-25(22)41)14-21-16-24(31(39)29(37)30(21)38)40-28(42)12-11-13-36/h15-18,27H,11-14,19H2,1-10H3,(H,40,42)/t27-/m1/s1. The summed E-state index contributed by atoms with van der Waals surface area (Å²) in [5, 5.41) is 1.75. The van der Waals surface area contributed by atoms with Crippen LogP contribution in [0.25, 0.3) is 10.9 Å². The number of nitrogens with one attached hydrogen (secondary N) is 1. The highest BCUT2D eigenvalue weighted by Crippen LogP contribution is 2.41. The van der Waals surface area contributed by atoms with Gasteiger partial charge in [-0.2, -0.15) is 0 Å². The summed E-state index contributed by atoms with van der Waals surface area (Å²) in [5.74, 6) is -2.89. The number of halogens is 4. The molecule has 8 nitrogen and oxygen atoms in total. The highest BCUT2D eigenvalue weighted by atomic mass is 35.5. The van der Waals surface area contributed by atoms with E-state index in [0.29, 0.717) is 29.9 Å². The topological polar surface area (TPSA) is 95.9 Å². The summed E-state index contributed by atoms with van der Waals surface area (Å²) in [6.07, 6.45) is 1.72. The van der Waals surface area contributed by atoms with Gasteiger partial charge in [0.2, 0.25) is 11.3 Å². The summed E-state index contributed by atoms with van der Waals surface area (Å²) >= 11 is 11.7. The number of benzene rings is 2. The number of alkyl halides is 1. The number of esters is 1. The fraction of sp³-hybridized carbons (Fsp3) is 0.514. The van der Waals surface area contributed by atoms with E-state index in [4.69, 9.17) is 37.1 Å². The Bertz CT molecular complexity index is 1750. The van der Waals surface area contributed by atoms with Gasteiger partial charge in [0.25, 0.3) is 0 Å². The smallest absolute Gasteiger partial charge is 0.343 e. The molecule has 0 aliphatic heterocycles. The number of carbonyl (C=O) groups excluding carboxylic acids is 2. The van der Waals surface area contributed by atoms with Gasteiger partial charge in [0.1, 0.15) is 22.2 Å². The number of anilines is 1. The second-order valence-corrected chi connectivity index (χ2v) is 20.0. The molecule has 2 aromatic carbocycles. The van der Waals surface area contributed by atoms with Gasteiger partial charge in [-0.25, -0.2) is 13.6 Å². The van der Waals surface area contributed by atoms with Gasteiger partial charge in [0, 0.05) is 36.4 Å². The van der Waals surface area contributed by atoms with E-state index in [1.54, 1.807) is 6.07 Å². The predicted molar refractivity (Wildman–Crippen MR) is 190 cm³/mol. The fourth-order valence-corrected chi connectivity index (χ4v) is 6.40. The van der Waals surface area contributed by atoms with Crippen molar-refractivity contribution >= 4 is 60.0 Å². The molecule has 3 rings (SSSR count). The van der Waals surface area contributed by atoms with Crippen molar-refractivity contribution in [2.45, 2.75) is 85.0 Å². The van der Waals surface area contributed by atoms with Crippen molar-refractivity contribution in [2.75, 3.05) is 32.0 Å². The van der Waals surface area contributed by atoms with Gasteiger partial charge in [-0.15, -0.1) is 11.6 Å². The first-order valence-electron chi connectivity index (χ1n) is 15.7. The number of fused-ring (bicyclic) bond motifs is 1. The van der Waals surface area contributed by atoms with Crippen LogP contribution in [-0.2, 0) is 20.4 Å². The van der Waals surface area contributed by atoms with Crippen molar-refractivity contribution in [3.63, 3.8) is 0 Å². The molecule has 0 saturated heterocycles. The molecule has 0 radical (unpaired) electrons. The van der Waals surface area contributed by atoms with E-state index < -0.39 is 47.7 Å². The first-order chi connectivity index (χ1) is 22.2. The Labute approximate surface area is 292 Å². The van der Waals surface area contributed by atoms with Gasteiger partial charge in [0.05, 0.1) is 38.1 Å². The third-order valence-electron chi connectivity index (χ3n) is 9.00. The Kier molecular flexibility index (Phi) is 12.5. The van der Waals surface area contributed by atoms with Crippen LogP contribution in [0.1, 0.15) is 81.9 Å². The van der Waals surface area contributed by atoms with E-state index in [-0.39, 0.29) is 52.0 Å². The summed E-state index contributed by atoms with van der Waals surface area (Å²) in [4.78, 5) is 39.1. The van der Waals surface area contributed by atoms with E-state index in [1.807, 2.05) is 25.3 Å². The maximum atomic E-state index is 15.4. The lowest BCUT2D eigenvalue weighted by Gasteiger charge is -2.40. The van der Waals surface area contributed by atoms with Crippen molar-refractivity contribution in [2.24, 2.45) is 5.41 Å². The molecule has 1 atom stereocenters. The summed E-state index contributed by atoms with van der Waals surface area (Å²) in [7, 11) is 0.435. The monoisotopic (exact) mass is 726 g/mol. The summed E-state index contributed by atoms with van der Waals surface area (Å²) < 4.78 is 49.5. The van der Waals surface area contributed by atoms with Crippen LogP contribution in [-0.4, -0.2) is 51.5 Å². The zero-order chi connectivity index (χ0) is 36.4. The maximum absolute atomic E-state index is 15.4. The SMILES string of the molecule is COC(=O)c1cn([C@H](CO[Si](C)(C)C(C)(C)C)C(C)(C)C)c2cc(OC)c(Cc3cc(NC(=O)CCCCl)c(F)c(Cl)c3F)cc2c1=O. The number of nitrogens with zero attached hydrogens (tertiary/aromatic N) is 1. The summed E-state index contributed by atoms with van der Waals surface area (Å²) in [6.45, 7) is 17.2. The molecule has 48 heavy (non-hydrogen) atoms. The Hall–Kier alpha value is -2.99.